The Balaban J connectivity index is 2.42. The van der Waals surface area contributed by atoms with E-state index in [1.165, 1.54) is 0 Å². The molecule has 0 aromatic heterocycles. The molecule has 0 spiro atoms. The maximum Gasteiger partial charge on any atom is 0.317 e. The molecule has 0 saturated carbocycles. The average molecular weight is 200 g/mol. The fourth-order valence-electron chi connectivity index (χ4n) is 1.35. The van der Waals surface area contributed by atoms with E-state index >= 15 is 0 Å². The summed E-state index contributed by atoms with van der Waals surface area (Å²) in [5.74, 6) is 0. The van der Waals surface area contributed by atoms with Crippen LogP contribution in [0.1, 0.15) is 27.2 Å². The second-order valence-corrected chi connectivity index (χ2v) is 4.63. The minimum absolute atomic E-state index is 0.0167. The van der Waals surface area contributed by atoms with E-state index in [0.717, 1.165) is 19.6 Å². The highest BCUT2D eigenvalue weighted by Crippen LogP contribution is 2.04. The smallest absolute Gasteiger partial charge is 0.317 e. The highest BCUT2D eigenvalue weighted by atomic mass is 16.5. The van der Waals surface area contributed by atoms with Crippen LogP contribution >= 0.6 is 0 Å². The van der Waals surface area contributed by atoms with Crippen LogP contribution in [0.3, 0.4) is 0 Å². The Labute approximate surface area is 85.6 Å². The van der Waals surface area contributed by atoms with Gasteiger partial charge in [-0.05, 0) is 27.2 Å². The van der Waals surface area contributed by atoms with Crippen LogP contribution in [0.15, 0.2) is 0 Å². The molecule has 1 aliphatic heterocycles. The molecule has 0 unspecified atom stereocenters. The summed E-state index contributed by atoms with van der Waals surface area (Å²) in [6.45, 7) is 8.86. The Hall–Kier alpha value is -0.770. The summed E-state index contributed by atoms with van der Waals surface area (Å²) in [6.07, 6.45) is 0.928. The standard InChI is InChI=1S/C10H20N2O2/c1-10(2,3)11-9(13)12-5-4-7-14-8-6-12/h4-8H2,1-3H3,(H,11,13). The first kappa shape index (κ1) is 11.3. The maximum absolute atomic E-state index is 11.7. The number of urea groups is 1. The first-order chi connectivity index (χ1) is 6.49. The Morgan fingerprint density at radius 3 is 2.64 bits per heavy atom. The Morgan fingerprint density at radius 2 is 2.00 bits per heavy atom. The van der Waals surface area contributed by atoms with Crippen molar-refractivity contribution in [2.24, 2.45) is 0 Å². The molecule has 2 amide bonds. The zero-order valence-corrected chi connectivity index (χ0v) is 9.30. The van der Waals surface area contributed by atoms with Crippen molar-refractivity contribution in [1.29, 1.82) is 0 Å². The molecule has 0 atom stereocenters. The van der Waals surface area contributed by atoms with Gasteiger partial charge in [-0.1, -0.05) is 0 Å². The molecule has 0 bridgehead atoms. The Bertz CT molecular complexity index is 191. The molecule has 1 fully saturated rings. The van der Waals surface area contributed by atoms with E-state index < -0.39 is 0 Å². The highest BCUT2D eigenvalue weighted by Gasteiger charge is 2.20. The topological polar surface area (TPSA) is 41.6 Å². The zero-order valence-electron chi connectivity index (χ0n) is 9.30. The Morgan fingerprint density at radius 1 is 1.29 bits per heavy atom. The average Bonchev–Trinajstić information content (AvgIpc) is 2.27. The lowest BCUT2D eigenvalue weighted by Crippen LogP contribution is -2.49. The number of rotatable bonds is 0. The summed E-state index contributed by atoms with van der Waals surface area (Å²) in [5, 5.41) is 2.95. The molecule has 1 heterocycles. The highest BCUT2D eigenvalue weighted by molar-refractivity contribution is 5.74. The normalized spacial score (nSPS) is 18.9. The third-order valence-electron chi connectivity index (χ3n) is 1.99. The minimum Gasteiger partial charge on any atom is -0.380 e. The van der Waals surface area contributed by atoms with E-state index in [4.69, 9.17) is 4.74 Å². The summed E-state index contributed by atoms with van der Waals surface area (Å²) in [5.41, 5.74) is -0.162. The predicted octanol–water partition coefficient (Wildman–Crippen LogP) is 1.22. The molecule has 1 aliphatic rings. The van der Waals surface area contributed by atoms with Gasteiger partial charge in [0.1, 0.15) is 0 Å². The van der Waals surface area contributed by atoms with Crippen LogP contribution < -0.4 is 5.32 Å². The fourth-order valence-corrected chi connectivity index (χ4v) is 1.35. The lowest BCUT2D eigenvalue weighted by atomic mass is 10.1. The second-order valence-electron chi connectivity index (χ2n) is 4.63. The summed E-state index contributed by atoms with van der Waals surface area (Å²) < 4.78 is 5.28. The van der Waals surface area contributed by atoms with Gasteiger partial charge < -0.3 is 15.0 Å². The van der Waals surface area contributed by atoms with Gasteiger partial charge in [-0.3, -0.25) is 0 Å². The van der Waals surface area contributed by atoms with Crippen molar-refractivity contribution in [1.82, 2.24) is 10.2 Å². The van der Waals surface area contributed by atoms with Crippen molar-refractivity contribution in [2.75, 3.05) is 26.3 Å². The van der Waals surface area contributed by atoms with Crippen molar-refractivity contribution in [3.63, 3.8) is 0 Å². The quantitative estimate of drug-likeness (QED) is 0.638. The summed E-state index contributed by atoms with van der Waals surface area (Å²) in [6, 6.07) is 0.0167. The van der Waals surface area contributed by atoms with Crippen molar-refractivity contribution >= 4 is 6.03 Å². The number of carbonyl (C=O) groups is 1. The molecule has 1 saturated heterocycles. The number of carbonyl (C=O) groups excluding carboxylic acids is 1. The number of hydrogen-bond donors (Lipinski definition) is 1. The largest absolute Gasteiger partial charge is 0.380 e. The molecule has 1 N–H and O–H groups in total. The number of nitrogens with zero attached hydrogens (tertiary/aromatic N) is 1. The monoisotopic (exact) mass is 200 g/mol. The van der Waals surface area contributed by atoms with Gasteiger partial charge in [0.15, 0.2) is 0 Å². The second kappa shape index (κ2) is 4.64. The van der Waals surface area contributed by atoms with Gasteiger partial charge in [-0.15, -0.1) is 0 Å². The van der Waals surface area contributed by atoms with Gasteiger partial charge in [0.25, 0.3) is 0 Å². The SMILES string of the molecule is CC(C)(C)NC(=O)N1CCCOCC1. The van der Waals surface area contributed by atoms with Gasteiger partial charge in [0, 0.05) is 25.2 Å². The van der Waals surface area contributed by atoms with Gasteiger partial charge in [-0.25, -0.2) is 4.79 Å². The number of amides is 2. The van der Waals surface area contributed by atoms with Crippen molar-refractivity contribution < 1.29 is 9.53 Å². The van der Waals surface area contributed by atoms with Gasteiger partial charge in [0.2, 0.25) is 0 Å². The number of nitrogens with one attached hydrogen (secondary N) is 1. The van der Waals surface area contributed by atoms with E-state index in [1.54, 1.807) is 0 Å². The third kappa shape index (κ3) is 3.96. The molecule has 0 aromatic carbocycles. The zero-order chi connectivity index (χ0) is 10.6. The van der Waals surface area contributed by atoms with Crippen molar-refractivity contribution in [2.45, 2.75) is 32.7 Å². The molecule has 4 heteroatoms. The van der Waals surface area contributed by atoms with Crippen LogP contribution in [0.25, 0.3) is 0 Å². The van der Waals surface area contributed by atoms with E-state index in [0.29, 0.717) is 13.2 Å². The summed E-state index contributed by atoms with van der Waals surface area (Å²) in [7, 11) is 0. The first-order valence-corrected chi connectivity index (χ1v) is 5.14. The summed E-state index contributed by atoms with van der Waals surface area (Å²) in [4.78, 5) is 13.5. The first-order valence-electron chi connectivity index (χ1n) is 5.14. The van der Waals surface area contributed by atoms with Crippen LogP contribution in [-0.2, 0) is 4.74 Å². The van der Waals surface area contributed by atoms with Gasteiger partial charge in [-0.2, -0.15) is 0 Å². The maximum atomic E-state index is 11.7. The van der Waals surface area contributed by atoms with Crippen molar-refractivity contribution in [3.8, 4) is 0 Å². The van der Waals surface area contributed by atoms with E-state index in [2.05, 4.69) is 5.32 Å². The minimum atomic E-state index is -0.162. The van der Waals surface area contributed by atoms with E-state index in [9.17, 15) is 4.79 Å². The molecule has 82 valence electrons. The molecule has 0 aromatic rings. The molecular formula is C10H20N2O2. The molecule has 14 heavy (non-hydrogen) atoms. The van der Waals surface area contributed by atoms with Crippen LogP contribution in [0.2, 0.25) is 0 Å². The van der Waals surface area contributed by atoms with Gasteiger partial charge in [0.05, 0.1) is 6.61 Å². The molecular weight excluding hydrogens is 180 g/mol. The lowest BCUT2D eigenvalue weighted by Gasteiger charge is -2.27. The van der Waals surface area contributed by atoms with Crippen LogP contribution in [-0.4, -0.2) is 42.8 Å². The summed E-state index contributed by atoms with van der Waals surface area (Å²) >= 11 is 0. The van der Waals surface area contributed by atoms with Crippen LogP contribution in [0.5, 0.6) is 0 Å². The number of hydrogen-bond acceptors (Lipinski definition) is 2. The fraction of sp³-hybridized carbons (Fsp3) is 0.900. The molecule has 4 nitrogen and oxygen atoms in total. The van der Waals surface area contributed by atoms with Gasteiger partial charge >= 0.3 is 6.03 Å². The molecule has 0 radical (unpaired) electrons. The predicted molar refractivity (Wildman–Crippen MR) is 55.3 cm³/mol. The van der Waals surface area contributed by atoms with Crippen molar-refractivity contribution in [3.05, 3.63) is 0 Å². The van der Waals surface area contributed by atoms with Crippen LogP contribution in [0, 0.1) is 0 Å². The number of ether oxygens (including phenoxy) is 1. The van der Waals surface area contributed by atoms with E-state index in [-0.39, 0.29) is 11.6 Å². The van der Waals surface area contributed by atoms with E-state index in [1.807, 2.05) is 25.7 Å². The lowest BCUT2D eigenvalue weighted by molar-refractivity contribution is 0.141. The van der Waals surface area contributed by atoms with Crippen LogP contribution in [0.4, 0.5) is 4.79 Å². The Kier molecular flexibility index (Phi) is 3.75. The molecule has 0 aliphatic carbocycles. The third-order valence-corrected chi connectivity index (χ3v) is 1.99. The molecule has 1 rings (SSSR count).